The van der Waals surface area contributed by atoms with Crippen molar-refractivity contribution < 1.29 is 0 Å². The van der Waals surface area contributed by atoms with E-state index in [1.807, 2.05) is 48.7 Å². The summed E-state index contributed by atoms with van der Waals surface area (Å²) in [5.41, 5.74) is 11.9. The first-order valence-corrected chi connectivity index (χ1v) is 17.5. The second-order valence-electron chi connectivity index (χ2n) is 12.4. The van der Waals surface area contributed by atoms with Gasteiger partial charge >= 0.3 is 0 Å². The number of nitriles is 1. The van der Waals surface area contributed by atoms with E-state index in [9.17, 15) is 5.26 Å². The molecule has 9 rings (SSSR count). The van der Waals surface area contributed by atoms with Crippen LogP contribution in [0.1, 0.15) is 5.56 Å². The van der Waals surface area contributed by atoms with E-state index < -0.39 is 0 Å². The molecule has 0 N–H and O–H groups in total. The van der Waals surface area contributed by atoms with Crippen LogP contribution in [0.2, 0.25) is 0 Å². The fraction of sp³-hybridized carbons (Fsp3) is 0. The molecule has 238 valence electrons. The molecule has 0 aliphatic rings. The fourth-order valence-corrected chi connectivity index (χ4v) is 7.78. The first-order valence-electron chi connectivity index (χ1n) is 16.7. The molecule has 6 aromatic carbocycles. The zero-order valence-corrected chi connectivity index (χ0v) is 28.2. The van der Waals surface area contributed by atoms with Crippen LogP contribution in [-0.2, 0) is 0 Å². The molecule has 5 heteroatoms. The molecule has 4 nitrogen and oxygen atoms in total. The number of aromatic nitrogens is 3. The summed E-state index contributed by atoms with van der Waals surface area (Å²) in [6, 6.07) is 56.8. The van der Waals surface area contributed by atoms with Gasteiger partial charge in [0.2, 0.25) is 0 Å². The summed E-state index contributed by atoms with van der Waals surface area (Å²) in [4.78, 5) is 14.7. The minimum Gasteiger partial charge on any atom is -0.264 e. The molecule has 0 spiro atoms. The molecule has 0 atom stereocenters. The highest BCUT2D eigenvalue weighted by Crippen LogP contribution is 2.39. The highest BCUT2D eigenvalue weighted by atomic mass is 32.1. The number of hydrogen-bond donors (Lipinski definition) is 0. The molecule has 3 aromatic heterocycles. The normalized spacial score (nSPS) is 11.1. The Morgan fingerprint density at radius 1 is 0.431 bits per heavy atom. The lowest BCUT2D eigenvalue weighted by atomic mass is 9.94. The average Bonchev–Trinajstić information content (AvgIpc) is 3.58. The molecule has 0 saturated heterocycles. The lowest BCUT2D eigenvalue weighted by Crippen LogP contribution is -1.96. The molecule has 0 unspecified atom stereocenters. The van der Waals surface area contributed by atoms with Crippen LogP contribution < -0.4 is 0 Å². The Hall–Kier alpha value is -6.74. The third-order valence-electron chi connectivity index (χ3n) is 9.21. The third-order valence-corrected chi connectivity index (χ3v) is 10.3. The minimum absolute atomic E-state index is 0.669. The van der Waals surface area contributed by atoms with Crippen LogP contribution in [0.4, 0.5) is 0 Å². The predicted molar refractivity (Wildman–Crippen MR) is 210 cm³/mol. The molecule has 0 amide bonds. The lowest BCUT2D eigenvalue weighted by Gasteiger charge is -2.13. The zero-order chi connectivity index (χ0) is 34.1. The summed E-state index contributed by atoms with van der Waals surface area (Å²) in [6.07, 6.45) is 3.70. The second kappa shape index (κ2) is 12.9. The number of thiophene rings is 1. The largest absolute Gasteiger partial charge is 0.264 e. The van der Waals surface area contributed by atoms with Crippen LogP contribution in [0.5, 0.6) is 0 Å². The molecule has 0 aliphatic heterocycles. The van der Waals surface area contributed by atoms with Crippen LogP contribution in [0, 0.1) is 11.3 Å². The summed E-state index contributed by atoms with van der Waals surface area (Å²) >= 11 is 1.72. The number of benzene rings is 6. The fourth-order valence-electron chi connectivity index (χ4n) is 6.59. The quantitative estimate of drug-likeness (QED) is 0.177. The van der Waals surface area contributed by atoms with Gasteiger partial charge < -0.3 is 0 Å². The Kier molecular flexibility index (Phi) is 7.70. The van der Waals surface area contributed by atoms with Crippen molar-refractivity contribution >= 4 is 31.5 Å². The first-order chi connectivity index (χ1) is 25.2. The van der Waals surface area contributed by atoms with E-state index >= 15 is 0 Å². The van der Waals surface area contributed by atoms with Crippen molar-refractivity contribution in [1.29, 1.82) is 5.26 Å². The topological polar surface area (TPSA) is 62.5 Å². The van der Waals surface area contributed by atoms with Gasteiger partial charge in [-0.3, -0.25) is 4.98 Å². The average molecular weight is 669 g/mol. The SMILES string of the molecule is N#Cc1ccc2c(c1)sc1cc(-c3cc(-c4cccnc4)cc(-c4cc(-c5ccccc5)nc(-c5ccc(-c6ccccc6)cc5)n4)c3)ccc12. The molecule has 0 aliphatic carbocycles. The van der Waals surface area contributed by atoms with E-state index in [1.165, 1.54) is 21.0 Å². The number of rotatable bonds is 6. The van der Waals surface area contributed by atoms with Crippen molar-refractivity contribution in [2.45, 2.75) is 0 Å². The van der Waals surface area contributed by atoms with Gasteiger partial charge in [0.1, 0.15) is 0 Å². The van der Waals surface area contributed by atoms with E-state index in [2.05, 4.69) is 126 Å². The van der Waals surface area contributed by atoms with Crippen molar-refractivity contribution in [3.63, 3.8) is 0 Å². The van der Waals surface area contributed by atoms with Gasteiger partial charge in [-0.15, -0.1) is 11.3 Å². The molecule has 51 heavy (non-hydrogen) atoms. The predicted octanol–water partition coefficient (Wildman–Crippen LogP) is 12.1. The highest BCUT2D eigenvalue weighted by molar-refractivity contribution is 7.25. The highest BCUT2D eigenvalue weighted by Gasteiger charge is 2.15. The number of hydrogen-bond acceptors (Lipinski definition) is 5. The Bertz CT molecular complexity index is 2730. The van der Waals surface area contributed by atoms with Gasteiger partial charge in [-0.1, -0.05) is 109 Å². The van der Waals surface area contributed by atoms with E-state index in [4.69, 9.17) is 9.97 Å². The maximum absolute atomic E-state index is 9.46. The Morgan fingerprint density at radius 2 is 1.00 bits per heavy atom. The Morgan fingerprint density at radius 3 is 1.71 bits per heavy atom. The molecular weight excluding hydrogens is 641 g/mol. The van der Waals surface area contributed by atoms with Crippen LogP contribution in [-0.4, -0.2) is 15.0 Å². The maximum atomic E-state index is 9.46. The monoisotopic (exact) mass is 668 g/mol. The summed E-state index contributed by atoms with van der Waals surface area (Å²) in [7, 11) is 0. The Balaban J connectivity index is 1.21. The molecule has 0 saturated carbocycles. The van der Waals surface area contributed by atoms with Crippen molar-refractivity contribution in [3.8, 4) is 73.4 Å². The summed E-state index contributed by atoms with van der Waals surface area (Å²) in [5.74, 6) is 0.669. The van der Waals surface area contributed by atoms with Gasteiger partial charge in [0.25, 0.3) is 0 Å². The van der Waals surface area contributed by atoms with Crippen molar-refractivity contribution in [3.05, 3.63) is 176 Å². The van der Waals surface area contributed by atoms with Crippen LogP contribution >= 0.6 is 11.3 Å². The first kappa shape index (κ1) is 30.3. The zero-order valence-electron chi connectivity index (χ0n) is 27.4. The van der Waals surface area contributed by atoms with E-state index in [0.29, 0.717) is 11.4 Å². The summed E-state index contributed by atoms with van der Waals surface area (Å²) < 4.78 is 2.30. The van der Waals surface area contributed by atoms with Gasteiger partial charge in [0.05, 0.1) is 23.0 Å². The van der Waals surface area contributed by atoms with Gasteiger partial charge in [0.15, 0.2) is 5.82 Å². The smallest absolute Gasteiger partial charge is 0.160 e. The van der Waals surface area contributed by atoms with Crippen molar-refractivity contribution in [2.24, 2.45) is 0 Å². The number of pyridine rings is 1. The standard InChI is InChI=1S/C46H28N4S/c47-28-30-13-19-40-41-20-18-35(26-45(41)51-44(40)22-30)37-23-38(36-12-7-21-48-29-36)25-39(24-37)43-27-42(33-10-5-2-6-11-33)49-46(50-43)34-16-14-32(15-17-34)31-8-3-1-4-9-31/h1-27,29H. The minimum atomic E-state index is 0.669. The molecular formula is C46H28N4S. The van der Waals surface area contributed by atoms with Gasteiger partial charge in [-0.25, -0.2) is 9.97 Å². The van der Waals surface area contributed by atoms with E-state index in [0.717, 1.165) is 60.6 Å². The molecule has 0 fully saturated rings. The summed E-state index contributed by atoms with van der Waals surface area (Å²) in [5, 5.41) is 11.8. The Labute approximate surface area is 299 Å². The third kappa shape index (κ3) is 5.95. The molecule has 0 bridgehead atoms. The van der Waals surface area contributed by atoms with Gasteiger partial charge in [-0.2, -0.15) is 5.26 Å². The summed E-state index contributed by atoms with van der Waals surface area (Å²) in [6.45, 7) is 0. The van der Waals surface area contributed by atoms with Gasteiger partial charge in [-0.05, 0) is 76.3 Å². The molecule has 0 radical (unpaired) electrons. The lowest BCUT2D eigenvalue weighted by molar-refractivity contribution is 1.18. The van der Waals surface area contributed by atoms with E-state index in [-0.39, 0.29) is 0 Å². The van der Waals surface area contributed by atoms with Crippen LogP contribution in [0.3, 0.4) is 0 Å². The van der Waals surface area contributed by atoms with Crippen LogP contribution in [0.25, 0.3) is 87.5 Å². The molecule has 3 heterocycles. The number of nitrogens with zero attached hydrogens (tertiary/aromatic N) is 4. The number of fused-ring (bicyclic) bond motifs is 3. The van der Waals surface area contributed by atoms with Gasteiger partial charge in [0, 0.05) is 54.8 Å². The maximum Gasteiger partial charge on any atom is 0.160 e. The second-order valence-corrected chi connectivity index (χ2v) is 13.5. The molecule has 9 aromatic rings. The van der Waals surface area contributed by atoms with Crippen LogP contribution in [0.15, 0.2) is 170 Å². The van der Waals surface area contributed by atoms with Crippen molar-refractivity contribution in [1.82, 2.24) is 15.0 Å². The van der Waals surface area contributed by atoms with Crippen molar-refractivity contribution in [2.75, 3.05) is 0 Å². The van der Waals surface area contributed by atoms with E-state index in [1.54, 1.807) is 17.5 Å².